The number of imide groups is 1. The van der Waals surface area contributed by atoms with Gasteiger partial charge in [-0.3, -0.25) is 14.5 Å². The molecule has 1 saturated heterocycles. The number of carbonyl (C=O) groups excluding carboxylic acids is 2. The average molecular weight is 250 g/mol. The Bertz CT molecular complexity index is 472. The Kier molecular flexibility index (Phi) is 3.72. The minimum Gasteiger partial charge on any atom is -0.326 e. The Hall–Kier alpha value is -1.75. The molecule has 5 heteroatoms. The van der Waals surface area contributed by atoms with Crippen LogP contribution in [0.3, 0.4) is 0 Å². The molecular formula is C13H15FN2O2. The van der Waals surface area contributed by atoms with Crippen molar-refractivity contribution in [2.45, 2.75) is 32.4 Å². The van der Waals surface area contributed by atoms with E-state index in [2.05, 4.69) is 0 Å². The van der Waals surface area contributed by atoms with Gasteiger partial charge in [0.1, 0.15) is 5.82 Å². The van der Waals surface area contributed by atoms with Crippen molar-refractivity contribution in [2.24, 2.45) is 5.73 Å². The van der Waals surface area contributed by atoms with Gasteiger partial charge >= 0.3 is 0 Å². The highest BCUT2D eigenvalue weighted by Crippen LogP contribution is 2.18. The summed E-state index contributed by atoms with van der Waals surface area (Å²) in [4.78, 5) is 24.3. The summed E-state index contributed by atoms with van der Waals surface area (Å²) in [5, 5.41) is 0. The number of piperidine rings is 1. The maximum atomic E-state index is 13.7. The third-order valence-corrected chi connectivity index (χ3v) is 3.07. The number of hydrogen-bond acceptors (Lipinski definition) is 3. The van der Waals surface area contributed by atoms with Crippen molar-refractivity contribution in [3.8, 4) is 0 Å². The van der Waals surface area contributed by atoms with Crippen LogP contribution in [0.5, 0.6) is 0 Å². The molecule has 4 nitrogen and oxygen atoms in total. The van der Waals surface area contributed by atoms with Gasteiger partial charge < -0.3 is 5.73 Å². The predicted molar refractivity (Wildman–Crippen MR) is 63.7 cm³/mol. The Morgan fingerprint density at radius 2 is 1.89 bits per heavy atom. The van der Waals surface area contributed by atoms with Crippen LogP contribution in [0.1, 0.15) is 30.4 Å². The van der Waals surface area contributed by atoms with E-state index in [1.807, 2.05) is 0 Å². The number of rotatable bonds is 3. The molecule has 96 valence electrons. The summed E-state index contributed by atoms with van der Waals surface area (Å²) in [5.74, 6) is -0.883. The minimum absolute atomic E-state index is 0.00829. The zero-order valence-electron chi connectivity index (χ0n) is 9.99. The van der Waals surface area contributed by atoms with Crippen molar-refractivity contribution < 1.29 is 14.0 Å². The third kappa shape index (κ3) is 2.56. The summed E-state index contributed by atoms with van der Waals surface area (Å²) in [7, 11) is 0. The van der Waals surface area contributed by atoms with Crippen LogP contribution in [0.25, 0.3) is 0 Å². The van der Waals surface area contributed by atoms with E-state index in [1.165, 1.54) is 6.07 Å². The Morgan fingerprint density at radius 1 is 1.22 bits per heavy atom. The molecule has 2 N–H and O–H groups in total. The van der Waals surface area contributed by atoms with Crippen molar-refractivity contribution >= 4 is 11.8 Å². The summed E-state index contributed by atoms with van der Waals surface area (Å²) in [6.45, 7) is 0.271. The molecule has 1 fully saturated rings. The first-order valence-corrected chi connectivity index (χ1v) is 5.92. The highest BCUT2D eigenvalue weighted by molar-refractivity contribution is 5.97. The summed E-state index contributed by atoms with van der Waals surface area (Å²) < 4.78 is 13.7. The molecule has 0 spiro atoms. The fraction of sp³-hybridized carbons (Fsp3) is 0.385. The molecular weight excluding hydrogens is 235 g/mol. The summed E-state index contributed by atoms with van der Waals surface area (Å²) in [6.07, 6.45) is 1.30. The predicted octanol–water partition coefficient (Wildman–Crippen LogP) is 1.32. The maximum Gasteiger partial charge on any atom is 0.229 e. The smallest absolute Gasteiger partial charge is 0.229 e. The lowest BCUT2D eigenvalue weighted by atomic mass is 10.1. The molecule has 18 heavy (non-hydrogen) atoms. The Balaban J connectivity index is 2.17. The molecule has 1 aliphatic rings. The molecule has 2 amide bonds. The molecule has 1 aromatic carbocycles. The number of nitrogens with zero attached hydrogens (tertiary/aromatic N) is 1. The van der Waals surface area contributed by atoms with E-state index in [0.29, 0.717) is 30.4 Å². The zero-order valence-corrected chi connectivity index (χ0v) is 9.99. The topological polar surface area (TPSA) is 63.4 Å². The number of likely N-dealkylation sites (tertiary alicyclic amines) is 1. The van der Waals surface area contributed by atoms with Crippen LogP contribution in [-0.2, 0) is 22.7 Å². The first kappa shape index (κ1) is 12.7. The summed E-state index contributed by atoms with van der Waals surface area (Å²) in [6, 6.07) is 4.62. The molecule has 0 saturated carbocycles. The Labute approximate surface area is 105 Å². The van der Waals surface area contributed by atoms with Gasteiger partial charge in [-0.1, -0.05) is 12.1 Å². The average Bonchev–Trinajstić information content (AvgIpc) is 2.35. The monoisotopic (exact) mass is 250 g/mol. The fourth-order valence-electron chi connectivity index (χ4n) is 1.99. The highest BCUT2D eigenvalue weighted by Gasteiger charge is 2.26. The second-order valence-corrected chi connectivity index (χ2v) is 4.36. The van der Waals surface area contributed by atoms with E-state index < -0.39 is 5.82 Å². The summed E-state index contributed by atoms with van der Waals surface area (Å²) in [5.41, 5.74) is 6.44. The number of amides is 2. The van der Waals surface area contributed by atoms with Gasteiger partial charge in [-0.05, 0) is 18.1 Å². The van der Waals surface area contributed by atoms with Crippen molar-refractivity contribution in [1.29, 1.82) is 0 Å². The molecule has 0 radical (unpaired) electrons. The quantitative estimate of drug-likeness (QED) is 0.823. The molecule has 2 rings (SSSR count). The lowest BCUT2D eigenvalue weighted by Gasteiger charge is -2.25. The zero-order chi connectivity index (χ0) is 13.1. The molecule has 1 aliphatic heterocycles. The SMILES string of the molecule is NCc1ccc(CN2C(=O)CCCC2=O)c(F)c1. The lowest BCUT2D eigenvalue weighted by Crippen LogP contribution is -2.39. The number of halogens is 1. The van der Waals surface area contributed by atoms with Gasteiger partial charge in [-0.25, -0.2) is 4.39 Å². The van der Waals surface area contributed by atoms with Crippen molar-refractivity contribution in [3.05, 3.63) is 35.1 Å². The number of benzene rings is 1. The maximum absolute atomic E-state index is 13.7. The van der Waals surface area contributed by atoms with Crippen LogP contribution in [0.4, 0.5) is 4.39 Å². The molecule has 0 atom stereocenters. The minimum atomic E-state index is -0.427. The van der Waals surface area contributed by atoms with Crippen molar-refractivity contribution in [2.75, 3.05) is 0 Å². The van der Waals surface area contributed by atoms with Gasteiger partial charge in [-0.2, -0.15) is 0 Å². The molecule has 0 bridgehead atoms. The largest absolute Gasteiger partial charge is 0.326 e. The van der Waals surface area contributed by atoms with E-state index in [-0.39, 0.29) is 24.9 Å². The van der Waals surface area contributed by atoms with Crippen LogP contribution < -0.4 is 5.73 Å². The van der Waals surface area contributed by atoms with E-state index in [9.17, 15) is 14.0 Å². The molecule has 0 aliphatic carbocycles. The molecule has 1 heterocycles. The van der Waals surface area contributed by atoms with Crippen LogP contribution >= 0.6 is 0 Å². The van der Waals surface area contributed by atoms with Gasteiger partial charge in [0.2, 0.25) is 11.8 Å². The second kappa shape index (κ2) is 5.27. The van der Waals surface area contributed by atoms with Crippen LogP contribution in [-0.4, -0.2) is 16.7 Å². The van der Waals surface area contributed by atoms with Gasteiger partial charge in [0.25, 0.3) is 0 Å². The fourth-order valence-corrected chi connectivity index (χ4v) is 1.99. The van der Waals surface area contributed by atoms with Crippen LogP contribution in [0.2, 0.25) is 0 Å². The standard InChI is InChI=1S/C13H15FN2O2/c14-11-6-9(7-15)4-5-10(11)8-16-12(17)2-1-3-13(16)18/h4-6H,1-3,7-8,15H2. The molecule has 0 aromatic heterocycles. The van der Waals surface area contributed by atoms with Crippen molar-refractivity contribution in [3.63, 3.8) is 0 Å². The van der Waals surface area contributed by atoms with Gasteiger partial charge in [-0.15, -0.1) is 0 Å². The Morgan fingerprint density at radius 3 is 2.44 bits per heavy atom. The molecule has 0 unspecified atom stereocenters. The first-order chi connectivity index (χ1) is 8.61. The van der Waals surface area contributed by atoms with Crippen LogP contribution in [0, 0.1) is 5.82 Å². The van der Waals surface area contributed by atoms with Crippen LogP contribution in [0.15, 0.2) is 18.2 Å². The van der Waals surface area contributed by atoms with E-state index >= 15 is 0 Å². The number of hydrogen-bond donors (Lipinski definition) is 1. The first-order valence-electron chi connectivity index (χ1n) is 5.92. The molecule has 1 aromatic rings. The highest BCUT2D eigenvalue weighted by atomic mass is 19.1. The van der Waals surface area contributed by atoms with Gasteiger partial charge in [0.05, 0.1) is 6.54 Å². The normalized spacial score (nSPS) is 16.2. The van der Waals surface area contributed by atoms with Gasteiger partial charge in [0.15, 0.2) is 0 Å². The van der Waals surface area contributed by atoms with E-state index in [4.69, 9.17) is 5.73 Å². The lowest BCUT2D eigenvalue weighted by molar-refractivity contribution is -0.148. The van der Waals surface area contributed by atoms with E-state index in [1.54, 1.807) is 12.1 Å². The summed E-state index contributed by atoms with van der Waals surface area (Å²) >= 11 is 0. The number of carbonyl (C=O) groups is 2. The second-order valence-electron chi connectivity index (χ2n) is 4.36. The third-order valence-electron chi connectivity index (χ3n) is 3.07. The van der Waals surface area contributed by atoms with E-state index in [0.717, 1.165) is 4.90 Å². The van der Waals surface area contributed by atoms with Gasteiger partial charge in [0, 0.05) is 24.9 Å². The van der Waals surface area contributed by atoms with Crippen molar-refractivity contribution in [1.82, 2.24) is 4.90 Å². The number of nitrogens with two attached hydrogens (primary N) is 1.